The number of rotatable bonds is 4. The first-order valence-electron chi connectivity index (χ1n) is 9.28. The molecular formula is C22H18ClFN2O3S. The number of sulfonamides is 1. The molecule has 1 amide bonds. The van der Waals surface area contributed by atoms with Gasteiger partial charge in [-0.3, -0.25) is 4.79 Å². The minimum atomic E-state index is -4.12. The van der Waals surface area contributed by atoms with Crippen LogP contribution in [-0.2, 0) is 23.0 Å². The Morgan fingerprint density at radius 1 is 1.00 bits per heavy atom. The van der Waals surface area contributed by atoms with E-state index in [9.17, 15) is 17.6 Å². The minimum absolute atomic E-state index is 0.0207. The predicted molar refractivity (Wildman–Crippen MR) is 114 cm³/mol. The van der Waals surface area contributed by atoms with E-state index in [1.807, 2.05) is 24.3 Å². The van der Waals surface area contributed by atoms with Crippen LogP contribution < -0.4 is 5.32 Å². The van der Waals surface area contributed by atoms with E-state index in [2.05, 4.69) is 5.32 Å². The van der Waals surface area contributed by atoms with Crippen LogP contribution in [0.2, 0.25) is 5.02 Å². The summed E-state index contributed by atoms with van der Waals surface area (Å²) in [5, 5.41) is 2.96. The number of fused-ring (bicyclic) bond motifs is 1. The molecule has 4 rings (SSSR count). The molecule has 0 unspecified atom stereocenters. The molecule has 0 fully saturated rings. The lowest BCUT2D eigenvalue weighted by molar-refractivity contribution is 0.102. The Kier molecular flexibility index (Phi) is 5.60. The van der Waals surface area contributed by atoms with Gasteiger partial charge in [-0.15, -0.1) is 0 Å². The van der Waals surface area contributed by atoms with Crippen LogP contribution in [-0.4, -0.2) is 25.2 Å². The second kappa shape index (κ2) is 8.18. The number of hydrogen-bond acceptors (Lipinski definition) is 3. The fourth-order valence-electron chi connectivity index (χ4n) is 3.41. The molecule has 0 spiro atoms. The highest BCUT2D eigenvalue weighted by atomic mass is 35.5. The maximum absolute atomic E-state index is 14.5. The molecule has 0 saturated heterocycles. The predicted octanol–water partition coefficient (Wildman–Crippen LogP) is 4.48. The number of benzene rings is 3. The molecule has 0 atom stereocenters. The summed E-state index contributed by atoms with van der Waals surface area (Å²) >= 11 is 6.05. The molecule has 1 heterocycles. The van der Waals surface area contributed by atoms with Gasteiger partial charge in [0.1, 0.15) is 10.7 Å². The molecule has 0 aromatic heterocycles. The highest BCUT2D eigenvalue weighted by molar-refractivity contribution is 7.89. The first kappa shape index (κ1) is 20.5. The zero-order valence-corrected chi connectivity index (χ0v) is 17.4. The van der Waals surface area contributed by atoms with Crippen LogP contribution in [0, 0.1) is 5.82 Å². The third kappa shape index (κ3) is 3.96. The van der Waals surface area contributed by atoms with Crippen molar-refractivity contribution in [2.24, 2.45) is 0 Å². The first-order valence-corrected chi connectivity index (χ1v) is 11.1. The smallest absolute Gasteiger partial charge is 0.255 e. The Morgan fingerprint density at radius 2 is 1.70 bits per heavy atom. The van der Waals surface area contributed by atoms with Crippen molar-refractivity contribution in [3.63, 3.8) is 0 Å². The molecule has 8 heteroatoms. The summed E-state index contributed by atoms with van der Waals surface area (Å²) in [7, 11) is -4.12. The van der Waals surface area contributed by atoms with Gasteiger partial charge in [-0.1, -0.05) is 48.0 Å². The van der Waals surface area contributed by atoms with Gasteiger partial charge >= 0.3 is 0 Å². The van der Waals surface area contributed by atoms with Crippen LogP contribution in [0.15, 0.2) is 71.6 Å². The van der Waals surface area contributed by atoms with Gasteiger partial charge in [-0.2, -0.15) is 4.31 Å². The van der Waals surface area contributed by atoms with Crippen LogP contribution in [0.25, 0.3) is 0 Å². The van der Waals surface area contributed by atoms with Gasteiger partial charge in [0.25, 0.3) is 5.91 Å². The van der Waals surface area contributed by atoms with E-state index in [0.29, 0.717) is 17.1 Å². The van der Waals surface area contributed by atoms with E-state index in [4.69, 9.17) is 11.6 Å². The maximum atomic E-state index is 14.5. The van der Waals surface area contributed by atoms with Crippen molar-refractivity contribution in [1.29, 1.82) is 0 Å². The summed E-state index contributed by atoms with van der Waals surface area (Å²) in [6.45, 7) is 0.406. The van der Waals surface area contributed by atoms with Crippen molar-refractivity contribution >= 4 is 33.2 Å². The quantitative estimate of drug-likeness (QED) is 0.645. The topological polar surface area (TPSA) is 66.5 Å². The average Bonchev–Trinajstić information content (AvgIpc) is 2.75. The summed E-state index contributed by atoms with van der Waals surface area (Å²) < 4.78 is 42.0. The summed E-state index contributed by atoms with van der Waals surface area (Å²) in [6.07, 6.45) is 0.545. The lowest BCUT2D eigenvalue weighted by Gasteiger charge is -2.28. The molecule has 154 valence electrons. The van der Waals surface area contributed by atoms with Crippen molar-refractivity contribution in [1.82, 2.24) is 4.31 Å². The molecular weight excluding hydrogens is 427 g/mol. The normalized spacial score (nSPS) is 14.2. The molecule has 0 saturated carbocycles. The van der Waals surface area contributed by atoms with Crippen LogP contribution in [0.1, 0.15) is 21.5 Å². The van der Waals surface area contributed by atoms with Crippen LogP contribution >= 0.6 is 11.6 Å². The molecule has 0 radical (unpaired) electrons. The molecule has 1 aliphatic heterocycles. The van der Waals surface area contributed by atoms with Crippen molar-refractivity contribution in [3.8, 4) is 0 Å². The average molecular weight is 445 g/mol. The molecule has 1 aliphatic rings. The standard InChI is InChI=1S/C22H18ClFN2O3S/c23-18-7-3-4-8-20(18)25-22(27)16-9-10-19(24)21(13-16)30(28,29)26-12-11-15-5-1-2-6-17(15)14-26/h1-10,13H,11-12,14H2,(H,25,27). The second-order valence-corrected chi connectivity index (χ2v) is 9.25. The Labute approximate surface area is 179 Å². The third-order valence-corrected chi connectivity index (χ3v) is 7.22. The van der Waals surface area contributed by atoms with E-state index >= 15 is 0 Å². The summed E-state index contributed by atoms with van der Waals surface area (Å²) in [4.78, 5) is 12.1. The van der Waals surface area contributed by atoms with E-state index < -0.39 is 26.6 Å². The van der Waals surface area contributed by atoms with Crippen molar-refractivity contribution in [3.05, 3.63) is 94.3 Å². The van der Waals surface area contributed by atoms with Gasteiger partial charge in [-0.25, -0.2) is 12.8 Å². The van der Waals surface area contributed by atoms with E-state index in [1.165, 1.54) is 10.4 Å². The van der Waals surface area contributed by atoms with E-state index in [0.717, 1.165) is 23.3 Å². The van der Waals surface area contributed by atoms with Crippen molar-refractivity contribution < 1.29 is 17.6 Å². The largest absolute Gasteiger partial charge is 0.321 e. The Morgan fingerprint density at radius 3 is 2.47 bits per heavy atom. The van der Waals surface area contributed by atoms with Gasteiger partial charge in [0.2, 0.25) is 10.0 Å². The zero-order valence-electron chi connectivity index (χ0n) is 15.8. The molecule has 0 aliphatic carbocycles. The number of amides is 1. The fraction of sp³-hybridized carbons (Fsp3) is 0.136. The van der Waals surface area contributed by atoms with Crippen molar-refractivity contribution in [2.45, 2.75) is 17.9 Å². The highest BCUT2D eigenvalue weighted by Gasteiger charge is 2.31. The second-order valence-electron chi connectivity index (χ2n) is 6.94. The Bertz CT molecular complexity index is 1230. The molecule has 1 N–H and O–H groups in total. The number of carbonyl (C=O) groups excluding carboxylic acids is 1. The molecule has 30 heavy (non-hydrogen) atoms. The van der Waals surface area contributed by atoms with E-state index in [-0.39, 0.29) is 18.7 Å². The Balaban J connectivity index is 1.63. The van der Waals surface area contributed by atoms with E-state index in [1.54, 1.807) is 24.3 Å². The lowest BCUT2D eigenvalue weighted by atomic mass is 10.0. The monoisotopic (exact) mass is 444 g/mol. The Hall–Kier alpha value is -2.74. The number of halogens is 2. The minimum Gasteiger partial charge on any atom is -0.321 e. The summed E-state index contributed by atoms with van der Waals surface area (Å²) in [6, 6.07) is 17.5. The molecule has 5 nitrogen and oxygen atoms in total. The lowest BCUT2D eigenvalue weighted by Crippen LogP contribution is -2.36. The number of hydrogen-bond donors (Lipinski definition) is 1. The SMILES string of the molecule is O=C(Nc1ccccc1Cl)c1ccc(F)c(S(=O)(=O)N2CCc3ccccc3C2)c1. The van der Waals surface area contributed by atoms with Crippen LogP contribution in [0.4, 0.5) is 10.1 Å². The molecule has 3 aromatic carbocycles. The van der Waals surface area contributed by atoms with Gasteiger partial charge in [0, 0.05) is 18.7 Å². The summed E-state index contributed by atoms with van der Waals surface area (Å²) in [5.74, 6) is -1.48. The van der Waals surface area contributed by atoms with Gasteiger partial charge in [0.15, 0.2) is 0 Å². The van der Waals surface area contributed by atoms with Crippen LogP contribution in [0.3, 0.4) is 0 Å². The maximum Gasteiger partial charge on any atom is 0.255 e. The van der Waals surface area contributed by atoms with Gasteiger partial charge in [-0.05, 0) is 47.9 Å². The number of anilines is 1. The van der Waals surface area contributed by atoms with Crippen molar-refractivity contribution in [2.75, 3.05) is 11.9 Å². The number of nitrogens with one attached hydrogen (secondary N) is 1. The third-order valence-electron chi connectivity index (χ3n) is 5.03. The first-order chi connectivity index (χ1) is 14.4. The number of nitrogens with zero attached hydrogens (tertiary/aromatic N) is 1. The zero-order chi connectivity index (χ0) is 21.3. The fourth-order valence-corrected chi connectivity index (χ4v) is 5.11. The van der Waals surface area contributed by atoms with Gasteiger partial charge in [0.05, 0.1) is 10.7 Å². The van der Waals surface area contributed by atoms with Crippen LogP contribution in [0.5, 0.6) is 0 Å². The number of carbonyl (C=O) groups is 1. The highest BCUT2D eigenvalue weighted by Crippen LogP contribution is 2.27. The molecule has 0 bridgehead atoms. The molecule has 3 aromatic rings. The number of para-hydroxylation sites is 1. The summed E-state index contributed by atoms with van der Waals surface area (Å²) in [5.41, 5.74) is 2.37. The van der Waals surface area contributed by atoms with Gasteiger partial charge < -0.3 is 5.32 Å².